The number of halogens is 3. The number of rotatable bonds is 4. The quantitative estimate of drug-likeness (QED) is 0.833. The van der Waals surface area contributed by atoms with Gasteiger partial charge in [0.2, 0.25) is 11.8 Å². The number of carbonyl (C=O) groups is 2. The second-order valence-electron chi connectivity index (χ2n) is 5.35. The van der Waals surface area contributed by atoms with Gasteiger partial charge in [-0.25, -0.2) is 13.2 Å². The Bertz CT molecular complexity index is 679. The first-order valence-electron chi connectivity index (χ1n) is 7.02. The number of hydrogen-bond donors (Lipinski definition) is 2. The van der Waals surface area contributed by atoms with Crippen LogP contribution < -0.4 is 10.6 Å². The summed E-state index contributed by atoms with van der Waals surface area (Å²) in [5, 5.41) is 13.5. The lowest BCUT2D eigenvalue weighted by Crippen LogP contribution is -2.42. The summed E-state index contributed by atoms with van der Waals surface area (Å²) < 4.78 is 39.3. The van der Waals surface area contributed by atoms with Crippen LogP contribution >= 0.6 is 0 Å². The lowest BCUT2D eigenvalue weighted by molar-refractivity contribution is -0.129. The van der Waals surface area contributed by atoms with Crippen LogP contribution in [0.4, 0.5) is 18.9 Å². The van der Waals surface area contributed by atoms with Crippen LogP contribution in [0.15, 0.2) is 12.1 Å². The van der Waals surface area contributed by atoms with Gasteiger partial charge in [0.15, 0.2) is 17.5 Å². The Kier molecular flexibility index (Phi) is 4.89. The van der Waals surface area contributed by atoms with Crippen molar-refractivity contribution < 1.29 is 22.8 Å². The van der Waals surface area contributed by atoms with Crippen LogP contribution in [0.3, 0.4) is 0 Å². The van der Waals surface area contributed by atoms with Gasteiger partial charge in [0.25, 0.3) is 0 Å². The fourth-order valence-corrected chi connectivity index (χ4v) is 2.51. The summed E-state index contributed by atoms with van der Waals surface area (Å²) in [6.07, 6.45) is 2.37. The average Bonchev–Trinajstić information content (AvgIpc) is 3.03. The molecule has 0 aliphatic heterocycles. The predicted octanol–water partition coefficient (Wildman–Crippen LogP) is 2.24. The van der Waals surface area contributed by atoms with E-state index >= 15 is 0 Å². The van der Waals surface area contributed by atoms with Crippen LogP contribution in [0, 0.1) is 34.2 Å². The molecule has 23 heavy (non-hydrogen) atoms. The molecule has 1 aromatic carbocycles. The smallest absolute Gasteiger partial charge is 0.243 e. The lowest BCUT2D eigenvalue weighted by atomic mass is 9.87. The molecule has 1 aliphatic carbocycles. The zero-order valence-electron chi connectivity index (χ0n) is 12.1. The number of nitriles is 1. The third kappa shape index (κ3) is 3.44. The molecule has 2 amide bonds. The number of amides is 2. The average molecular weight is 325 g/mol. The maximum atomic E-state index is 13.4. The van der Waals surface area contributed by atoms with Gasteiger partial charge in [0.05, 0.1) is 18.3 Å². The Labute approximate surface area is 130 Å². The van der Waals surface area contributed by atoms with E-state index in [-0.39, 0.29) is 0 Å². The summed E-state index contributed by atoms with van der Waals surface area (Å²) in [5.74, 6) is -5.95. The normalized spacial score (nSPS) is 15.7. The Balaban J connectivity index is 1.95. The summed E-state index contributed by atoms with van der Waals surface area (Å²) in [7, 11) is 0. The van der Waals surface area contributed by atoms with E-state index in [1.165, 1.54) is 0 Å². The Hall–Kier alpha value is -2.56. The third-order valence-corrected chi connectivity index (χ3v) is 3.82. The number of hydrogen-bond acceptors (Lipinski definition) is 3. The molecule has 2 rings (SSSR count). The van der Waals surface area contributed by atoms with Crippen molar-refractivity contribution in [3.05, 3.63) is 29.6 Å². The van der Waals surface area contributed by atoms with E-state index in [0.717, 1.165) is 18.9 Å². The standard InChI is InChI=1S/C15H14F3N3O2/c16-9-3-4-10(13(18)12(9)17)21-11(22)7-20-14(23)15(8-19)5-1-2-6-15/h3-4H,1-2,5-7H2,(H,20,23)(H,21,22). The molecule has 122 valence electrons. The van der Waals surface area contributed by atoms with Crippen LogP contribution in [0.2, 0.25) is 0 Å². The van der Waals surface area contributed by atoms with E-state index in [4.69, 9.17) is 5.26 Å². The molecule has 8 heteroatoms. The topological polar surface area (TPSA) is 82.0 Å². The van der Waals surface area contributed by atoms with Crippen LogP contribution in [0.5, 0.6) is 0 Å². The maximum absolute atomic E-state index is 13.4. The highest BCUT2D eigenvalue weighted by atomic mass is 19.2. The van der Waals surface area contributed by atoms with Crippen molar-refractivity contribution in [1.29, 1.82) is 5.26 Å². The fourth-order valence-electron chi connectivity index (χ4n) is 2.51. The van der Waals surface area contributed by atoms with E-state index in [1.807, 2.05) is 11.4 Å². The van der Waals surface area contributed by atoms with Crippen molar-refractivity contribution in [2.24, 2.45) is 5.41 Å². The number of anilines is 1. The van der Waals surface area contributed by atoms with Crippen molar-refractivity contribution in [3.63, 3.8) is 0 Å². The van der Waals surface area contributed by atoms with Crippen molar-refractivity contribution in [1.82, 2.24) is 5.32 Å². The summed E-state index contributed by atoms with van der Waals surface area (Å²) in [4.78, 5) is 23.7. The predicted molar refractivity (Wildman–Crippen MR) is 74.5 cm³/mol. The summed E-state index contributed by atoms with van der Waals surface area (Å²) in [6, 6.07) is 3.53. The molecule has 0 spiro atoms. The van der Waals surface area contributed by atoms with E-state index in [1.54, 1.807) is 0 Å². The van der Waals surface area contributed by atoms with E-state index < -0.39 is 46.9 Å². The molecule has 0 saturated heterocycles. The van der Waals surface area contributed by atoms with Crippen molar-refractivity contribution in [3.8, 4) is 6.07 Å². The first kappa shape index (κ1) is 16.8. The first-order chi connectivity index (χ1) is 10.9. The Morgan fingerprint density at radius 1 is 1.17 bits per heavy atom. The zero-order chi connectivity index (χ0) is 17.0. The molecule has 1 aliphatic rings. The van der Waals surface area contributed by atoms with Gasteiger partial charge < -0.3 is 10.6 Å². The minimum Gasteiger partial charge on any atom is -0.346 e. The van der Waals surface area contributed by atoms with Crippen LogP contribution in [-0.4, -0.2) is 18.4 Å². The SMILES string of the molecule is N#CC1(C(=O)NCC(=O)Nc2ccc(F)c(F)c2F)CCCC1. The molecule has 0 unspecified atom stereocenters. The van der Waals surface area contributed by atoms with E-state index in [2.05, 4.69) is 5.32 Å². The molecule has 0 radical (unpaired) electrons. The van der Waals surface area contributed by atoms with Gasteiger partial charge >= 0.3 is 0 Å². The summed E-state index contributed by atoms with van der Waals surface area (Å²) >= 11 is 0. The molecular formula is C15H14F3N3O2. The monoisotopic (exact) mass is 325 g/mol. The fraction of sp³-hybridized carbons (Fsp3) is 0.400. The maximum Gasteiger partial charge on any atom is 0.243 e. The Morgan fingerprint density at radius 3 is 2.43 bits per heavy atom. The van der Waals surface area contributed by atoms with Crippen LogP contribution in [0.25, 0.3) is 0 Å². The van der Waals surface area contributed by atoms with Crippen molar-refractivity contribution in [2.45, 2.75) is 25.7 Å². The van der Waals surface area contributed by atoms with Crippen molar-refractivity contribution >= 4 is 17.5 Å². The number of nitrogens with one attached hydrogen (secondary N) is 2. The minimum atomic E-state index is -1.69. The van der Waals surface area contributed by atoms with Gasteiger partial charge in [-0.2, -0.15) is 5.26 Å². The number of carbonyl (C=O) groups excluding carboxylic acids is 2. The molecule has 0 atom stereocenters. The van der Waals surface area contributed by atoms with Crippen LogP contribution in [-0.2, 0) is 9.59 Å². The van der Waals surface area contributed by atoms with Gasteiger partial charge in [-0.3, -0.25) is 9.59 Å². The molecule has 0 heterocycles. The molecule has 1 saturated carbocycles. The van der Waals surface area contributed by atoms with Crippen LogP contribution in [0.1, 0.15) is 25.7 Å². The first-order valence-corrected chi connectivity index (χ1v) is 7.02. The molecule has 1 fully saturated rings. The minimum absolute atomic E-state index is 0.425. The molecule has 2 N–H and O–H groups in total. The molecule has 1 aromatic rings. The van der Waals surface area contributed by atoms with E-state index in [0.29, 0.717) is 18.9 Å². The van der Waals surface area contributed by atoms with Gasteiger partial charge in [-0.15, -0.1) is 0 Å². The summed E-state index contributed by atoms with van der Waals surface area (Å²) in [6.45, 7) is -0.499. The molecule has 0 bridgehead atoms. The van der Waals surface area contributed by atoms with Crippen molar-refractivity contribution in [2.75, 3.05) is 11.9 Å². The lowest BCUT2D eigenvalue weighted by Gasteiger charge is -2.19. The summed E-state index contributed by atoms with van der Waals surface area (Å²) in [5.41, 5.74) is -1.66. The third-order valence-electron chi connectivity index (χ3n) is 3.82. The highest BCUT2D eigenvalue weighted by Crippen LogP contribution is 2.37. The van der Waals surface area contributed by atoms with E-state index in [9.17, 15) is 22.8 Å². The molecule has 0 aromatic heterocycles. The second kappa shape index (κ2) is 6.69. The van der Waals surface area contributed by atoms with Gasteiger partial charge in [0, 0.05) is 0 Å². The largest absolute Gasteiger partial charge is 0.346 e. The Morgan fingerprint density at radius 2 is 1.83 bits per heavy atom. The van der Waals surface area contributed by atoms with Gasteiger partial charge in [-0.05, 0) is 25.0 Å². The van der Waals surface area contributed by atoms with Gasteiger partial charge in [-0.1, -0.05) is 12.8 Å². The zero-order valence-corrected chi connectivity index (χ0v) is 12.1. The molecular weight excluding hydrogens is 311 g/mol. The highest BCUT2D eigenvalue weighted by molar-refractivity contribution is 5.96. The second-order valence-corrected chi connectivity index (χ2v) is 5.35. The highest BCUT2D eigenvalue weighted by Gasteiger charge is 2.41. The number of benzene rings is 1. The number of nitrogens with zero attached hydrogens (tertiary/aromatic N) is 1. The van der Waals surface area contributed by atoms with Gasteiger partial charge in [0.1, 0.15) is 5.41 Å². The molecule has 5 nitrogen and oxygen atoms in total.